The van der Waals surface area contributed by atoms with Gasteiger partial charge in [-0.15, -0.1) is 0 Å². The smallest absolute Gasteiger partial charge is 0.251 e. The fraction of sp³-hybridized carbons (Fsp3) is 0.417. The molecule has 1 fully saturated rings. The molecule has 1 atom stereocenters. The molecule has 1 heterocycles. The van der Waals surface area contributed by atoms with Crippen LogP contribution in [0.25, 0.3) is 0 Å². The number of hydrogen-bond acceptors (Lipinski definition) is 4. The first kappa shape index (κ1) is 21.7. The van der Waals surface area contributed by atoms with Gasteiger partial charge in [-0.05, 0) is 57.4 Å². The average molecular weight is 411 g/mol. The summed E-state index contributed by atoms with van der Waals surface area (Å²) >= 11 is 0. The minimum absolute atomic E-state index is 0.0294. The summed E-state index contributed by atoms with van der Waals surface area (Å²) in [5.41, 5.74) is 2.78. The van der Waals surface area contributed by atoms with Crippen molar-refractivity contribution >= 4 is 11.8 Å². The molecule has 1 saturated heterocycles. The van der Waals surface area contributed by atoms with E-state index >= 15 is 0 Å². The Labute approximate surface area is 178 Å². The molecule has 2 aromatic rings. The number of benzene rings is 2. The Morgan fingerprint density at radius 3 is 2.43 bits per heavy atom. The maximum atomic E-state index is 12.8. The van der Waals surface area contributed by atoms with Gasteiger partial charge in [0.2, 0.25) is 5.91 Å². The number of hydrogen-bond donors (Lipinski definition) is 1. The molecule has 2 amide bonds. The fourth-order valence-electron chi connectivity index (χ4n) is 3.75. The van der Waals surface area contributed by atoms with Crippen molar-refractivity contribution in [3.05, 3.63) is 59.2 Å². The van der Waals surface area contributed by atoms with Gasteiger partial charge in [-0.3, -0.25) is 9.59 Å². The summed E-state index contributed by atoms with van der Waals surface area (Å²) < 4.78 is 11.1. The third-order valence-corrected chi connectivity index (χ3v) is 5.24. The van der Waals surface area contributed by atoms with Gasteiger partial charge in [0.15, 0.2) is 11.5 Å². The molecule has 30 heavy (non-hydrogen) atoms. The van der Waals surface area contributed by atoms with E-state index in [1.165, 1.54) is 5.56 Å². The quantitative estimate of drug-likeness (QED) is 0.717. The van der Waals surface area contributed by atoms with E-state index in [4.69, 9.17) is 9.47 Å². The molecule has 3 rings (SSSR count). The predicted molar refractivity (Wildman–Crippen MR) is 116 cm³/mol. The van der Waals surface area contributed by atoms with Crippen LogP contribution in [0.15, 0.2) is 42.5 Å². The molecule has 1 unspecified atom stereocenters. The van der Waals surface area contributed by atoms with Crippen LogP contribution in [0.4, 0.5) is 0 Å². The standard InChI is InChI=1S/C24H30N2O4/c1-4-29-21-13-12-19(15-22(21)30-5-2)24(28)25-16-23(27)26-14-6-7-20(26)18-10-8-17(3)9-11-18/h8-13,15,20H,4-7,14,16H2,1-3H3,(H,25,28). The zero-order valence-corrected chi connectivity index (χ0v) is 17.9. The number of likely N-dealkylation sites (tertiary alicyclic amines) is 1. The van der Waals surface area contributed by atoms with Crippen LogP contribution in [0.5, 0.6) is 11.5 Å². The number of carbonyl (C=O) groups is 2. The Balaban J connectivity index is 1.63. The average Bonchev–Trinajstić information content (AvgIpc) is 3.24. The first-order valence-electron chi connectivity index (χ1n) is 10.6. The van der Waals surface area contributed by atoms with E-state index in [2.05, 4.69) is 36.5 Å². The molecular formula is C24H30N2O4. The lowest BCUT2D eigenvalue weighted by Gasteiger charge is -2.25. The summed E-state index contributed by atoms with van der Waals surface area (Å²) in [5, 5.41) is 2.75. The van der Waals surface area contributed by atoms with Crippen molar-refractivity contribution in [1.29, 1.82) is 0 Å². The Kier molecular flexibility index (Phi) is 7.33. The van der Waals surface area contributed by atoms with Crippen molar-refractivity contribution in [3.63, 3.8) is 0 Å². The van der Waals surface area contributed by atoms with Gasteiger partial charge in [0.05, 0.1) is 25.8 Å². The van der Waals surface area contributed by atoms with Gasteiger partial charge < -0.3 is 19.7 Å². The maximum Gasteiger partial charge on any atom is 0.251 e. The van der Waals surface area contributed by atoms with E-state index in [-0.39, 0.29) is 24.4 Å². The summed E-state index contributed by atoms with van der Waals surface area (Å²) in [7, 11) is 0. The molecule has 1 aliphatic rings. The molecule has 160 valence electrons. The Hall–Kier alpha value is -3.02. The summed E-state index contributed by atoms with van der Waals surface area (Å²) in [5.74, 6) is 0.753. The third kappa shape index (κ3) is 5.12. The highest BCUT2D eigenvalue weighted by molar-refractivity contribution is 5.97. The number of nitrogens with one attached hydrogen (secondary N) is 1. The van der Waals surface area contributed by atoms with Crippen molar-refractivity contribution in [2.24, 2.45) is 0 Å². The van der Waals surface area contributed by atoms with Crippen molar-refractivity contribution in [2.75, 3.05) is 26.3 Å². The molecule has 0 radical (unpaired) electrons. The summed E-state index contributed by atoms with van der Waals surface area (Å²) in [6.45, 7) is 7.49. The second kappa shape index (κ2) is 10.1. The second-order valence-corrected chi connectivity index (χ2v) is 7.37. The van der Waals surface area contributed by atoms with E-state index in [0.717, 1.165) is 18.4 Å². The van der Waals surface area contributed by atoms with E-state index in [0.29, 0.717) is 36.8 Å². The zero-order chi connectivity index (χ0) is 21.5. The van der Waals surface area contributed by atoms with Crippen LogP contribution >= 0.6 is 0 Å². The van der Waals surface area contributed by atoms with Crippen molar-refractivity contribution < 1.29 is 19.1 Å². The van der Waals surface area contributed by atoms with Crippen LogP contribution in [-0.2, 0) is 4.79 Å². The Morgan fingerprint density at radius 1 is 1.03 bits per heavy atom. The number of amides is 2. The molecule has 1 aliphatic heterocycles. The number of ether oxygens (including phenoxy) is 2. The van der Waals surface area contributed by atoms with Gasteiger partial charge in [0.1, 0.15) is 0 Å². The number of nitrogens with zero attached hydrogens (tertiary/aromatic N) is 1. The van der Waals surface area contributed by atoms with Crippen molar-refractivity contribution in [3.8, 4) is 11.5 Å². The van der Waals surface area contributed by atoms with Crippen LogP contribution in [0.3, 0.4) is 0 Å². The van der Waals surface area contributed by atoms with Crippen LogP contribution in [0.1, 0.15) is 54.2 Å². The highest BCUT2D eigenvalue weighted by Gasteiger charge is 2.29. The lowest BCUT2D eigenvalue weighted by atomic mass is 10.0. The molecule has 0 bridgehead atoms. The Bertz CT molecular complexity index is 879. The van der Waals surface area contributed by atoms with Crippen LogP contribution in [0, 0.1) is 6.92 Å². The topological polar surface area (TPSA) is 67.9 Å². The number of aryl methyl sites for hydroxylation is 1. The normalized spacial score (nSPS) is 15.7. The van der Waals surface area contributed by atoms with E-state index in [1.54, 1.807) is 18.2 Å². The first-order chi connectivity index (χ1) is 14.5. The molecular weight excluding hydrogens is 380 g/mol. The summed E-state index contributed by atoms with van der Waals surface area (Å²) in [6, 6.07) is 13.4. The lowest BCUT2D eigenvalue weighted by Crippen LogP contribution is -2.39. The highest BCUT2D eigenvalue weighted by Crippen LogP contribution is 2.32. The second-order valence-electron chi connectivity index (χ2n) is 7.37. The van der Waals surface area contributed by atoms with E-state index in [1.807, 2.05) is 18.7 Å². The minimum Gasteiger partial charge on any atom is -0.490 e. The highest BCUT2D eigenvalue weighted by atomic mass is 16.5. The lowest BCUT2D eigenvalue weighted by molar-refractivity contribution is -0.131. The maximum absolute atomic E-state index is 12.8. The molecule has 6 heteroatoms. The van der Waals surface area contributed by atoms with Crippen molar-refractivity contribution in [2.45, 2.75) is 39.7 Å². The van der Waals surface area contributed by atoms with E-state index < -0.39 is 0 Å². The molecule has 0 aromatic heterocycles. The van der Waals surface area contributed by atoms with Gasteiger partial charge >= 0.3 is 0 Å². The Morgan fingerprint density at radius 2 is 1.73 bits per heavy atom. The van der Waals surface area contributed by atoms with Crippen LogP contribution < -0.4 is 14.8 Å². The van der Waals surface area contributed by atoms with Gasteiger partial charge in [0, 0.05) is 12.1 Å². The molecule has 0 saturated carbocycles. The minimum atomic E-state index is -0.307. The largest absolute Gasteiger partial charge is 0.490 e. The molecule has 1 N–H and O–H groups in total. The predicted octanol–water partition coefficient (Wildman–Crippen LogP) is 3.89. The van der Waals surface area contributed by atoms with Gasteiger partial charge in [-0.1, -0.05) is 29.8 Å². The zero-order valence-electron chi connectivity index (χ0n) is 17.9. The number of rotatable bonds is 8. The molecule has 0 aliphatic carbocycles. The molecule has 6 nitrogen and oxygen atoms in total. The van der Waals surface area contributed by atoms with Crippen LogP contribution in [0.2, 0.25) is 0 Å². The summed E-state index contributed by atoms with van der Waals surface area (Å²) in [4.78, 5) is 27.3. The summed E-state index contributed by atoms with van der Waals surface area (Å²) in [6.07, 6.45) is 1.91. The van der Waals surface area contributed by atoms with Gasteiger partial charge in [0.25, 0.3) is 5.91 Å². The van der Waals surface area contributed by atoms with Crippen LogP contribution in [-0.4, -0.2) is 43.0 Å². The fourth-order valence-corrected chi connectivity index (χ4v) is 3.75. The SMILES string of the molecule is CCOc1ccc(C(=O)NCC(=O)N2CCCC2c2ccc(C)cc2)cc1OCC. The van der Waals surface area contributed by atoms with Gasteiger partial charge in [-0.2, -0.15) is 0 Å². The monoisotopic (exact) mass is 410 g/mol. The van der Waals surface area contributed by atoms with E-state index in [9.17, 15) is 9.59 Å². The number of carbonyl (C=O) groups excluding carboxylic acids is 2. The third-order valence-electron chi connectivity index (χ3n) is 5.24. The first-order valence-corrected chi connectivity index (χ1v) is 10.6. The van der Waals surface area contributed by atoms with Crippen molar-refractivity contribution in [1.82, 2.24) is 10.2 Å². The molecule has 2 aromatic carbocycles. The van der Waals surface area contributed by atoms with Gasteiger partial charge in [-0.25, -0.2) is 0 Å². The molecule has 0 spiro atoms.